The van der Waals surface area contributed by atoms with E-state index < -0.39 is 190 Å². The predicted octanol–water partition coefficient (Wildman–Crippen LogP) is -4.49. The van der Waals surface area contributed by atoms with Gasteiger partial charge in [-0.15, -0.1) is 0 Å². The minimum atomic E-state index is -1.85. The van der Waals surface area contributed by atoms with E-state index in [4.69, 9.17) is 47.4 Å². The Balaban J connectivity index is 0.922. The zero-order valence-electron chi connectivity index (χ0n) is 41.9. The molecule has 0 unspecified atom stereocenters. The summed E-state index contributed by atoms with van der Waals surface area (Å²) in [6, 6.07) is 0. The maximum absolute atomic E-state index is 12.2. The van der Waals surface area contributed by atoms with Crippen LogP contribution in [0.5, 0.6) is 0 Å². The first-order valence-corrected chi connectivity index (χ1v) is 26.3. The Labute approximate surface area is 427 Å². The van der Waals surface area contributed by atoms with Gasteiger partial charge in [-0.1, -0.05) is 32.1 Å². The molecule has 4 aliphatic carbocycles. The molecule has 6 saturated heterocycles. The van der Waals surface area contributed by atoms with Crippen molar-refractivity contribution in [2.45, 2.75) is 219 Å². The normalized spacial score (nSPS) is 57.6. The maximum Gasteiger partial charge on any atom is 0.203 e. The molecule has 0 bridgehead atoms. The highest BCUT2D eigenvalue weighted by Crippen LogP contribution is 2.71. The zero-order chi connectivity index (χ0) is 53.2. The Morgan fingerprint density at radius 1 is 0.676 bits per heavy atom. The van der Waals surface area contributed by atoms with Gasteiger partial charge in [-0.25, -0.2) is 0 Å². The third kappa shape index (κ3) is 8.92. The second-order valence-electron chi connectivity index (χ2n) is 23.3. The summed E-state index contributed by atoms with van der Waals surface area (Å²) in [5, 5.41) is 153. The molecule has 32 atom stereocenters. The summed E-state index contributed by atoms with van der Waals surface area (Å²) in [6.07, 6.45) is -29.4. The largest absolute Gasteiger partial charge is 0.396 e. The highest BCUT2D eigenvalue weighted by molar-refractivity contribution is 5.29. The van der Waals surface area contributed by atoms with Crippen LogP contribution in [0.15, 0.2) is 23.8 Å². The molecule has 9 fully saturated rings. The van der Waals surface area contributed by atoms with E-state index in [0.29, 0.717) is 37.7 Å². The second kappa shape index (κ2) is 20.9. The fraction of sp³-hybridized carbons (Fsp3) is 0.920. The third-order valence-corrected chi connectivity index (χ3v) is 19.3. The molecule has 6 heterocycles. The van der Waals surface area contributed by atoms with Gasteiger partial charge in [0.25, 0.3) is 0 Å². The summed E-state index contributed by atoms with van der Waals surface area (Å²) in [4.78, 5) is 0. The van der Waals surface area contributed by atoms with E-state index in [9.17, 15) is 71.5 Å². The molecule has 24 heteroatoms. The van der Waals surface area contributed by atoms with Gasteiger partial charge in [0.15, 0.2) is 25.2 Å². The first-order valence-electron chi connectivity index (χ1n) is 26.3. The van der Waals surface area contributed by atoms with Crippen LogP contribution in [0.25, 0.3) is 0 Å². The van der Waals surface area contributed by atoms with Crippen molar-refractivity contribution >= 4 is 0 Å². The number of allylic oxidation sites excluding steroid dienone is 1. The lowest BCUT2D eigenvalue weighted by atomic mass is 9.46. The van der Waals surface area contributed by atoms with Crippen LogP contribution in [0.3, 0.4) is 0 Å². The number of rotatable bonds is 10. The van der Waals surface area contributed by atoms with Gasteiger partial charge in [0.1, 0.15) is 91.6 Å². The SMILES string of the molecule is C=C1CO[C@@]2(O[C@H]3C[C@H]4[C@@H]5CC=C6C[C@@H](O)C[C@@H](O[C@@H]7O[C@H](CO)[C@@H](O)[C@H](O[C@@H]8OC[C@@H](O)[C@H](O)[C@H]8O)[C@H]7O[C@@H]7O[C@@H](C)[C@H](O)[C@@H](O)[C@H]7O)[C@]6(C)[C@H]5CC[C@]4(C)[C@H]3[C@@H]2CO)[C@@H](O)[C@H]1O[C@@H]1O[C@H](C)[C@H](O)[C@H](O)[C@H]1O. The molecule has 3 saturated carbocycles. The van der Waals surface area contributed by atoms with Gasteiger partial charge >= 0.3 is 0 Å². The van der Waals surface area contributed by atoms with Crippen LogP contribution in [-0.2, 0) is 47.4 Å². The van der Waals surface area contributed by atoms with Crippen LogP contribution in [0.4, 0.5) is 0 Å². The van der Waals surface area contributed by atoms with Crippen molar-refractivity contribution in [3.8, 4) is 0 Å². The molecule has 1 spiro atoms. The van der Waals surface area contributed by atoms with E-state index in [2.05, 4.69) is 26.5 Å². The highest BCUT2D eigenvalue weighted by atomic mass is 16.8. The van der Waals surface area contributed by atoms with Crippen molar-refractivity contribution in [3.63, 3.8) is 0 Å². The van der Waals surface area contributed by atoms with Crippen LogP contribution >= 0.6 is 0 Å². The zero-order valence-corrected chi connectivity index (χ0v) is 41.9. The van der Waals surface area contributed by atoms with Crippen molar-refractivity contribution in [1.29, 1.82) is 0 Å². The van der Waals surface area contributed by atoms with E-state index >= 15 is 0 Å². The summed E-state index contributed by atoms with van der Waals surface area (Å²) < 4.78 is 62.3. The van der Waals surface area contributed by atoms with E-state index in [1.165, 1.54) is 13.8 Å². The molecule has 10 aliphatic rings. The molecule has 14 N–H and O–H groups in total. The molecule has 24 nitrogen and oxygen atoms in total. The van der Waals surface area contributed by atoms with Crippen molar-refractivity contribution < 1.29 is 119 Å². The lowest BCUT2D eigenvalue weighted by Crippen LogP contribution is -2.67. The Morgan fingerprint density at radius 3 is 1.96 bits per heavy atom. The lowest BCUT2D eigenvalue weighted by Gasteiger charge is -2.61. The molecule has 10 rings (SSSR count). The average Bonchev–Trinajstić information content (AvgIpc) is 3.86. The summed E-state index contributed by atoms with van der Waals surface area (Å²) in [6.45, 7) is 9.52. The monoisotopic (exact) mass is 1060 g/mol. The number of hydrogen-bond donors (Lipinski definition) is 14. The predicted molar refractivity (Wildman–Crippen MR) is 245 cm³/mol. The van der Waals surface area contributed by atoms with Crippen LogP contribution in [0.2, 0.25) is 0 Å². The third-order valence-electron chi connectivity index (χ3n) is 19.3. The quantitative estimate of drug-likeness (QED) is 0.0917. The number of hydrogen-bond acceptors (Lipinski definition) is 24. The highest BCUT2D eigenvalue weighted by Gasteiger charge is 2.73. The molecular weight excluding hydrogens is 985 g/mol. The van der Waals surface area contributed by atoms with Gasteiger partial charge in [-0.05, 0) is 74.7 Å². The lowest BCUT2D eigenvalue weighted by molar-refractivity contribution is -0.393. The van der Waals surface area contributed by atoms with E-state index in [1.807, 2.05) is 0 Å². The Bertz CT molecular complexity index is 2040. The summed E-state index contributed by atoms with van der Waals surface area (Å²) in [7, 11) is 0. The number of aliphatic hydroxyl groups excluding tert-OH is 14. The van der Waals surface area contributed by atoms with Crippen LogP contribution in [-0.4, -0.2) is 251 Å². The number of fused-ring (bicyclic) bond motifs is 7. The number of aliphatic hydroxyl groups is 14. The molecule has 0 radical (unpaired) electrons. The van der Waals surface area contributed by atoms with Crippen LogP contribution in [0, 0.1) is 40.4 Å². The van der Waals surface area contributed by atoms with Gasteiger partial charge < -0.3 is 119 Å². The van der Waals surface area contributed by atoms with Gasteiger partial charge in [0, 0.05) is 23.7 Å². The summed E-state index contributed by atoms with van der Waals surface area (Å²) in [5.41, 5.74) is 0.000160. The standard InChI is InChI=1S/C50H78O24/c1-17-15-66-50(43(64)40(17)71-45-38(62)35(59)31(55)18(2)67-45)25(13-51)30-27(74-50)12-24-22-7-6-20-10-21(53)11-29(49(20,5)23(22)8-9-48(24,30)4)70-47-42(73-46-39(63)36(60)32(56)19(3)68-46)41(34(58)28(14-52)69-47)72-44-37(61)33(57)26(54)16-65-44/h6,18-19,21-47,51-64H,1,7-16H2,2-5H3/t18-,19+,21-,22-,23+,24+,25+,26-,27+,28-,29-,30+,31+,32+,33+,34-,35+,36-,37-,38-,39-,40+,41+,42-,43+,44+,45+,46+,47+,48+,49+,50+/m1/s1. The van der Waals surface area contributed by atoms with E-state index in [-0.39, 0.29) is 36.7 Å². The topological polar surface area (TPSA) is 376 Å². The summed E-state index contributed by atoms with van der Waals surface area (Å²) >= 11 is 0. The fourth-order valence-electron chi connectivity index (χ4n) is 15.2. The van der Waals surface area contributed by atoms with Crippen molar-refractivity contribution in [2.24, 2.45) is 40.4 Å². The van der Waals surface area contributed by atoms with Gasteiger partial charge in [0.05, 0.1) is 56.9 Å². The molecule has 0 aromatic rings. The van der Waals surface area contributed by atoms with E-state index in [0.717, 1.165) is 5.57 Å². The van der Waals surface area contributed by atoms with Crippen molar-refractivity contribution in [3.05, 3.63) is 23.8 Å². The minimum Gasteiger partial charge on any atom is -0.396 e. The fourth-order valence-corrected chi connectivity index (χ4v) is 15.2. The molecule has 74 heavy (non-hydrogen) atoms. The summed E-state index contributed by atoms with van der Waals surface area (Å²) in [5.74, 6) is -2.87. The van der Waals surface area contributed by atoms with Crippen LogP contribution in [0.1, 0.15) is 66.2 Å². The smallest absolute Gasteiger partial charge is 0.203 e. The van der Waals surface area contributed by atoms with Gasteiger partial charge in [0.2, 0.25) is 5.79 Å². The minimum absolute atomic E-state index is 0.00409. The number of ether oxygens (including phenoxy) is 10. The van der Waals surface area contributed by atoms with Crippen LogP contribution < -0.4 is 0 Å². The van der Waals surface area contributed by atoms with Crippen molar-refractivity contribution in [1.82, 2.24) is 0 Å². The van der Waals surface area contributed by atoms with Gasteiger partial charge in [-0.3, -0.25) is 0 Å². The van der Waals surface area contributed by atoms with E-state index in [1.54, 1.807) is 0 Å². The second-order valence-corrected chi connectivity index (χ2v) is 23.3. The average molecular weight is 1060 g/mol. The van der Waals surface area contributed by atoms with Crippen molar-refractivity contribution in [2.75, 3.05) is 26.4 Å². The molecule has 6 aliphatic heterocycles. The molecule has 422 valence electrons. The first-order chi connectivity index (χ1) is 35.0. The molecule has 0 amide bonds. The first kappa shape index (κ1) is 55.8. The Kier molecular flexibility index (Phi) is 15.7. The Hall–Kier alpha value is -1.48. The van der Waals surface area contributed by atoms with Gasteiger partial charge in [-0.2, -0.15) is 0 Å². The Morgan fingerprint density at radius 2 is 1.31 bits per heavy atom. The molecular formula is C50H78O24. The maximum atomic E-state index is 12.2. The molecule has 0 aromatic carbocycles. The molecule has 0 aromatic heterocycles.